The highest BCUT2D eigenvalue weighted by atomic mass is 127. The van der Waals surface area contributed by atoms with Crippen LogP contribution in [0, 0.1) is 10.5 Å². The lowest BCUT2D eigenvalue weighted by atomic mass is 10.1. The van der Waals surface area contributed by atoms with Gasteiger partial charge in [0.25, 0.3) is 10.0 Å². The Balaban J connectivity index is 2.04. The molecular weight excluding hydrogens is 589 g/mol. The second-order valence-corrected chi connectivity index (χ2v) is 11.5. The summed E-state index contributed by atoms with van der Waals surface area (Å²) in [5.41, 5.74) is 2.26. The lowest BCUT2D eigenvalue weighted by molar-refractivity contribution is -0.140. The third-order valence-corrected chi connectivity index (χ3v) is 8.30. The van der Waals surface area contributed by atoms with E-state index in [9.17, 15) is 18.0 Å². The minimum atomic E-state index is -4.05. The van der Waals surface area contributed by atoms with Gasteiger partial charge < -0.3 is 10.2 Å². The fraction of sp³-hybridized carbons (Fsp3) is 0.259. The van der Waals surface area contributed by atoms with Crippen molar-refractivity contribution in [2.24, 2.45) is 0 Å². The summed E-state index contributed by atoms with van der Waals surface area (Å²) in [5, 5.41) is 2.63. The van der Waals surface area contributed by atoms with Crippen molar-refractivity contribution in [1.82, 2.24) is 10.2 Å². The normalized spacial score (nSPS) is 12.0. The van der Waals surface area contributed by atoms with Gasteiger partial charge in [-0.05, 0) is 77.9 Å². The van der Waals surface area contributed by atoms with E-state index in [0.29, 0.717) is 12.1 Å². The van der Waals surface area contributed by atoms with Crippen LogP contribution in [0.1, 0.15) is 24.5 Å². The fourth-order valence-corrected chi connectivity index (χ4v) is 5.74. The van der Waals surface area contributed by atoms with E-state index in [1.165, 1.54) is 24.1 Å². The van der Waals surface area contributed by atoms with Crippen LogP contribution >= 0.6 is 22.6 Å². The van der Waals surface area contributed by atoms with Gasteiger partial charge in [-0.25, -0.2) is 8.42 Å². The van der Waals surface area contributed by atoms with E-state index in [-0.39, 0.29) is 17.3 Å². The summed E-state index contributed by atoms with van der Waals surface area (Å²) >= 11 is 2.14. The third-order valence-electron chi connectivity index (χ3n) is 5.79. The number of benzene rings is 3. The lowest BCUT2D eigenvalue weighted by Gasteiger charge is -2.33. The molecule has 0 fully saturated rings. The van der Waals surface area contributed by atoms with Crippen molar-refractivity contribution in [3.05, 3.63) is 93.6 Å². The zero-order chi connectivity index (χ0) is 26.3. The van der Waals surface area contributed by atoms with E-state index >= 15 is 0 Å². The number of rotatable bonds is 10. The van der Waals surface area contributed by atoms with E-state index in [2.05, 4.69) is 27.9 Å². The molecule has 0 aliphatic carbocycles. The van der Waals surface area contributed by atoms with Crippen LogP contribution in [0.2, 0.25) is 0 Å². The zero-order valence-electron chi connectivity index (χ0n) is 20.5. The summed E-state index contributed by atoms with van der Waals surface area (Å²) in [5.74, 6) is -0.768. The molecule has 190 valence electrons. The number of likely N-dealkylation sites (N-methyl/N-ethyl adjacent to an activating group) is 1. The number of carbonyl (C=O) groups is 2. The van der Waals surface area contributed by atoms with Gasteiger partial charge in [0, 0.05) is 17.2 Å². The van der Waals surface area contributed by atoms with Crippen LogP contribution in [0.3, 0.4) is 0 Å². The Bertz CT molecular complexity index is 1300. The Hall–Kier alpha value is -2.92. The Morgan fingerprint density at radius 1 is 0.972 bits per heavy atom. The van der Waals surface area contributed by atoms with Crippen LogP contribution in [0.25, 0.3) is 0 Å². The van der Waals surface area contributed by atoms with Crippen molar-refractivity contribution in [1.29, 1.82) is 0 Å². The largest absolute Gasteiger partial charge is 0.357 e. The number of nitrogens with one attached hydrogen (secondary N) is 1. The van der Waals surface area contributed by atoms with Crippen molar-refractivity contribution >= 4 is 50.1 Å². The number of amides is 2. The Morgan fingerprint density at radius 2 is 1.64 bits per heavy atom. The number of aryl methyl sites for hydroxylation is 1. The number of nitrogens with zero attached hydrogens (tertiary/aromatic N) is 2. The van der Waals surface area contributed by atoms with Gasteiger partial charge in [0.05, 0.1) is 10.6 Å². The van der Waals surface area contributed by atoms with Crippen LogP contribution in [-0.2, 0) is 26.2 Å². The van der Waals surface area contributed by atoms with Gasteiger partial charge in [-0.1, -0.05) is 55.0 Å². The smallest absolute Gasteiger partial charge is 0.264 e. The third kappa shape index (κ3) is 6.64. The first-order valence-corrected chi connectivity index (χ1v) is 14.1. The first-order valence-electron chi connectivity index (χ1n) is 11.6. The molecule has 3 aromatic carbocycles. The molecule has 0 bridgehead atoms. The SMILES string of the molecule is CC[C@H](C(=O)NC)N(Cc1cccc(C)c1)C(=O)CN(c1ccc(I)cc1)S(=O)(=O)c1ccccc1. The molecule has 0 heterocycles. The Labute approximate surface area is 226 Å². The molecule has 1 N–H and O–H groups in total. The summed E-state index contributed by atoms with van der Waals surface area (Å²) in [6.07, 6.45) is 0.381. The molecule has 36 heavy (non-hydrogen) atoms. The molecule has 2 amide bonds. The van der Waals surface area contributed by atoms with Crippen LogP contribution in [-0.4, -0.2) is 44.8 Å². The Kier molecular flexibility index (Phi) is 9.49. The average molecular weight is 620 g/mol. The molecule has 9 heteroatoms. The molecule has 0 aromatic heterocycles. The molecule has 0 spiro atoms. The molecular formula is C27H30IN3O4S. The van der Waals surface area contributed by atoms with Gasteiger partial charge in [0.2, 0.25) is 11.8 Å². The standard InChI is InChI=1S/C27H30IN3O4S/c1-4-25(27(33)29-3)30(18-21-10-8-9-20(2)17-21)26(32)19-31(23-15-13-22(28)14-16-23)36(34,35)24-11-6-5-7-12-24/h5-17,25H,4,18-19H2,1-3H3,(H,29,33)/t25-/m1/s1. The maximum atomic E-state index is 13.8. The summed E-state index contributed by atoms with van der Waals surface area (Å²) in [7, 11) is -2.52. The minimum absolute atomic E-state index is 0.0833. The summed E-state index contributed by atoms with van der Waals surface area (Å²) in [6.45, 7) is 3.51. The number of hydrogen-bond donors (Lipinski definition) is 1. The molecule has 3 rings (SSSR count). The Morgan fingerprint density at radius 3 is 2.22 bits per heavy atom. The molecule has 0 aliphatic rings. The molecule has 0 unspecified atom stereocenters. The molecule has 0 aliphatic heterocycles. The van der Waals surface area contributed by atoms with E-state index in [4.69, 9.17) is 0 Å². The quantitative estimate of drug-likeness (QED) is 0.342. The first kappa shape index (κ1) is 27.7. The monoisotopic (exact) mass is 619 g/mol. The number of halogens is 1. The van der Waals surface area contributed by atoms with Crippen LogP contribution in [0.15, 0.2) is 83.8 Å². The predicted octanol–water partition coefficient (Wildman–Crippen LogP) is 4.35. The maximum absolute atomic E-state index is 13.8. The number of hydrogen-bond acceptors (Lipinski definition) is 4. The fourth-order valence-electron chi connectivity index (χ4n) is 3.95. The molecule has 0 radical (unpaired) electrons. The number of sulfonamides is 1. The zero-order valence-corrected chi connectivity index (χ0v) is 23.5. The minimum Gasteiger partial charge on any atom is -0.357 e. The topological polar surface area (TPSA) is 86.8 Å². The molecule has 1 atom stereocenters. The summed E-state index contributed by atoms with van der Waals surface area (Å²) < 4.78 is 29.4. The summed E-state index contributed by atoms with van der Waals surface area (Å²) in [4.78, 5) is 28.1. The highest BCUT2D eigenvalue weighted by Gasteiger charge is 2.33. The second-order valence-electron chi connectivity index (χ2n) is 8.35. The van der Waals surface area contributed by atoms with Gasteiger partial charge in [-0.15, -0.1) is 0 Å². The lowest BCUT2D eigenvalue weighted by Crippen LogP contribution is -2.51. The van der Waals surface area contributed by atoms with Crippen molar-refractivity contribution in [2.45, 2.75) is 37.8 Å². The van der Waals surface area contributed by atoms with Crippen molar-refractivity contribution in [3.63, 3.8) is 0 Å². The molecule has 0 saturated carbocycles. The van der Waals surface area contributed by atoms with E-state index in [1.807, 2.05) is 38.1 Å². The van der Waals surface area contributed by atoms with Gasteiger partial charge in [-0.2, -0.15) is 0 Å². The van der Waals surface area contributed by atoms with Crippen molar-refractivity contribution in [3.8, 4) is 0 Å². The predicted molar refractivity (Wildman–Crippen MR) is 150 cm³/mol. The van der Waals surface area contributed by atoms with Crippen LogP contribution in [0.4, 0.5) is 5.69 Å². The van der Waals surface area contributed by atoms with Crippen molar-refractivity contribution < 1.29 is 18.0 Å². The van der Waals surface area contributed by atoms with E-state index in [0.717, 1.165) is 19.0 Å². The van der Waals surface area contributed by atoms with Gasteiger partial charge in [0.15, 0.2) is 0 Å². The molecule has 7 nitrogen and oxygen atoms in total. The average Bonchev–Trinajstić information content (AvgIpc) is 2.88. The molecule has 0 saturated heterocycles. The highest BCUT2D eigenvalue weighted by Crippen LogP contribution is 2.25. The summed E-state index contributed by atoms with van der Waals surface area (Å²) in [6, 6.07) is 21.9. The van der Waals surface area contributed by atoms with Gasteiger partial charge in [-0.3, -0.25) is 13.9 Å². The molecule has 3 aromatic rings. The maximum Gasteiger partial charge on any atom is 0.264 e. The number of carbonyl (C=O) groups excluding carboxylic acids is 2. The highest BCUT2D eigenvalue weighted by molar-refractivity contribution is 14.1. The first-order chi connectivity index (χ1) is 17.2. The van der Waals surface area contributed by atoms with E-state index in [1.54, 1.807) is 42.5 Å². The van der Waals surface area contributed by atoms with Crippen molar-refractivity contribution in [2.75, 3.05) is 17.9 Å². The van der Waals surface area contributed by atoms with Crippen LogP contribution < -0.4 is 9.62 Å². The number of anilines is 1. The van der Waals surface area contributed by atoms with Gasteiger partial charge >= 0.3 is 0 Å². The van der Waals surface area contributed by atoms with Gasteiger partial charge in [0.1, 0.15) is 12.6 Å². The van der Waals surface area contributed by atoms with Crippen LogP contribution in [0.5, 0.6) is 0 Å². The second kappa shape index (κ2) is 12.4. The van der Waals surface area contributed by atoms with E-state index < -0.39 is 28.5 Å².